The van der Waals surface area contributed by atoms with Crippen molar-refractivity contribution in [3.63, 3.8) is 0 Å². The van der Waals surface area contributed by atoms with Gasteiger partial charge in [0.05, 0.1) is 11.9 Å². The van der Waals surface area contributed by atoms with Gasteiger partial charge < -0.3 is 0 Å². The number of hydrogen-bond donors (Lipinski definition) is 0. The average molecular weight is 207 g/mol. The van der Waals surface area contributed by atoms with E-state index in [9.17, 15) is 4.79 Å². The monoisotopic (exact) mass is 206 g/mol. The van der Waals surface area contributed by atoms with E-state index in [4.69, 9.17) is 11.6 Å². The van der Waals surface area contributed by atoms with E-state index >= 15 is 0 Å². The van der Waals surface area contributed by atoms with Gasteiger partial charge in [-0.15, -0.1) is 0 Å². The largest absolute Gasteiger partial charge is 0.281 e. The zero-order chi connectivity index (χ0) is 9.97. The van der Waals surface area contributed by atoms with E-state index in [1.807, 2.05) is 0 Å². The van der Waals surface area contributed by atoms with Gasteiger partial charge in [-0.05, 0) is 24.3 Å². The zero-order valence-corrected chi connectivity index (χ0v) is 7.98. The second kappa shape index (κ2) is 3.64. The molecule has 2 rings (SSSR count). The van der Waals surface area contributed by atoms with Gasteiger partial charge in [-0.25, -0.2) is 0 Å². The summed E-state index contributed by atoms with van der Waals surface area (Å²) in [5.41, 5.74) is 0.474. The van der Waals surface area contributed by atoms with Gasteiger partial charge in [0.15, 0.2) is 0 Å². The van der Waals surface area contributed by atoms with Crippen molar-refractivity contribution in [2.75, 3.05) is 0 Å². The second-order valence-electron chi connectivity index (χ2n) is 2.74. The summed E-state index contributed by atoms with van der Waals surface area (Å²) in [6, 6.07) is 6.85. The van der Waals surface area contributed by atoms with Crippen molar-refractivity contribution in [3.8, 4) is 5.69 Å². The van der Waals surface area contributed by atoms with Gasteiger partial charge in [0.25, 0.3) is 5.56 Å². The van der Waals surface area contributed by atoms with Crippen molar-refractivity contribution in [2.24, 2.45) is 0 Å². The first-order valence-electron chi connectivity index (χ1n) is 4.06. The van der Waals surface area contributed by atoms with Gasteiger partial charge in [0.2, 0.25) is 0 Å². The summed E-state index contributed by atoms with van der Waals surface area (Å²) in [4.78, 5) is 15.5. The molecule has 0 aliphatic rings. The summed E-state index contributed by atoms with van der Waals surface area (Å²) in [6.45, 7) is 0. The molecule has 0 aliphatic carbocycles. The van der Waals surface area contributed by atoms with Crippen molar-refractivity contribution < 1.29 is 0 Å². The Morgan fingerprint density at radius 1 is 1.29 bits per heavy atom. The number of nitrogens with zero attached hydrogens (tertiary/aromatic N) is 2. The molecule has 3 nitrogen and oxygen atoms in total. The molecule has 0 radical (unpaired) electrons. The summed E-state index contributed by atoms with van der Waals surface area (Å²) in [5.74, 6) is 0. The number of halogens is 1. The van der Waals surface area contributed by atoms with Crippen LogP contribution in [0, 0.1) is 0 Å². The fraction of sp³-hybridized carbons (Fsp3) is 0. The van der Waals surface area contributed by atoms with Crippen LogP contribution in [0.2, 0.25) is 5.02 Å². The zero-order valence-electron chi connectivity index (χ0n) is 7.22. The number of aromatic nitrogens is 2. The SMILES string of the molecule is O=c1c(Cl)cccn1-c1cccnc1. The Bertz CT molecular complexity index is 493. The second-order valence-corrected chi connectivity index (χ2v) is 3.15. The Morgan fingerprint density at radius 2 is 2.14 bits per heavy atom. The fourth-order valence-corrected chi connectivity index (χ4v) is 1.33. The molecule has 0 saturated heterocycles. The highest BCUT2D eigenvalue weighted by atomic mass is 35.5. The molecule has 70 valence electrons. The van der Waals surface area contributed by atoms with Crippen molar-refractivity contribution >= 4 is 11.6 Å². The minimum Gasteiger partial charge on any atom is -0.281 e. The molecule has 0 bridgehead atoms. The summed E-state index contributed by atoms with van der Waals surface area (Å²) >= 11 is 5.71. The molecule has 0 N–H and O–H groups in total. The van der Waals surface area contributed by atoms with E-state index < -0.39 is 0 Å². The molecule has 0 fully saturated rings. The quantitative estimate of drug-likeness (QED) is 0.714. The predicted molar refractivity (Wildman–Crippen MR) is 54.8 cm³/mol. The molecule has 2 aromatic rings. The number of pyridine rings is 2. The lowest BCUT2D eigenvalue weighted by atomic mass is 10.4. The van der Waals surface area contributed by atoms with Crippen LogP contribution in [0.3, 0.4) is 0 Å². The van der Waals surface area contributed by atoms with Crippen molar-refractivity contribution in [1.82, 2.24) is 9.55 Å². The summed E-state index contributed by atoms with van der Waals surface area (Å²) < 4.78 is 1.45. The molecule has 2 heterocycles. The molecular weight excluding hydrogens is 200 g/mol. The maximum Gasteiger partial charge on any atom is 0.273 e. The Labute approximate surface area is 85.6 Å². The third-order valence-electron chi connectivity index (χ3n) is 1.82. The van der Waals surface area contributed by atoms with E-state index in [1.165, 1.54) is 4.57 Å². The van der Waals surface area contributed by atoms with Crippen LogP contribution in [0.4, 0.5) is 0 Å². The van der Waals surface area contributed by atoms with Gasteiger partial charge in [-0.1, -0.05) is 11.6 Å². The lowest BCUT2D eigenvalue weighted by Crippen LogP contribution is -2.17. The molecule has 0 saturated carbocycles. The highest BCUT2D eigenvalue weighted by Crippen LogP contribution is 2.05. The molecule has 0 amide bonds. The van der Waals surface area contributed by atoms with Crippen LogP contribution in [0.1, 0.15) is 0 Å². The molecule has 0 spiro atoms. The maximum atomic E-state index is 11.6. The maximum absolute atomic E-state index is 11.6. The highest BCUT2D eigenvalue weighted by molar-refractivity contribution is 6.30. The molecule has 14 heavy (non-hydrogen) atoms. The van der Waals surface area contributed by atoms with Gasteiger partial charge in [0, 0.05) is 12.4 Å². The smallest absolute Gasteiger partial charge is 0.273 e. The molecule has 2 aromatic heterocycles. The summed E-state index contributed by atoms with van der Waals surface area (Å²) in [6.07, 6.45) is 4.92. The molecule has 4 heteroatoms. The lowest BCUT2D eigenvalue weighted by molar-refractivity contribution is 0.979. The molecule has 0 aromatic carbocycles. The fourth-order valence-electron chi connectivity index (χ4n) is 1.17. The van der Waals surface area contributed by atoms with Gasteiger partial charge in [-0.3, -0.25) is 14.3 Å². The third-order valence-corrected chi connectivity index (χ3v) is 2.11. The van der Waals surface area contributed by atoms with Crippen molar-refractivity contribution in [1.29, 1.82) is 0 Å². The van der Waals surface area contributed by atoms with Crippen LogP contribution < -0.4 is 5.56 Å². The highest BCUT2D eigenvalue weighted by Gasteiger charge is 2.01. The van der Waals surface area contributed by atoms with Gasteiger partial charge in [-0.2, -0.15) is 0 Å². The van der Waals surface area contributed by atoms with Crippen LogP contribution in [0.5, 0.6) is 0 Å². The first-order valence-corrected chi connectivity index (χ1v) is 4.44. The minimum absolute atomic E-state index is 0.205. The standard InChI is InChI=1S/C10H7ClN2O/c11-9-4-2-6-13(10(9)14)8-3-1-5-12-7-8/h1-7H. The molecule has 0 unspecified atom stereocenters. The van der Waals surface area contributed by atoms with Crippen LogP contribution in [-0.2, 0) is 0 Å². The first-order chi connectivity index (χ1) is 6.79. The van der Waals surface area contributed by atoms with Crippen LogP contribution in [0.25, 0.3) is 5.69 Å². The normalized spacial score (nSPS) is 10.1. The molecule has 0 aliphatic heterocycles. The van der Waals surface area contributed by atoms with Gasteiger partial charge >= 0.3 is 0 Å². The Morgan fingerprint density at radius 3 is 2.86 bits per heavy atom. The van der Waals surface area contributed by atoms with E-state index in [0.29, 0.717) is 5.69 Å². The van der Waals surface area contributed by atoms with Crippen molar-refractivity contribution in [3.05, 3.63) is 58.2 Å². The Kier molecular flexibility index (Phi) is 2.33. The third kappa shape index (κ3) is 1.54. The molecular formula is C10H7ClN2O. The average Bonchev–Trinajstić information content (AvgIpc) is 2.23. The minimum atomic E-state index is -0.234. The number of hydrogen-bond acceptors (Lipinski definition) is 2. The summed E-state index contributed by atoms with van der Waals surface area (Å²) in [7, 11) is 0. The first kappa shape index (κ1) is 8.97. The predicted octanol–water partition coefficient (Wildman–Crippen LogP) is 1.89. The topological polar surface area (TPSA) is 34.9 Å². The summed E-state index contributed by atoms with van der Waals surface area (Å²) in [5, 5.41) is 0.205. The molecule has 0 atom stereocenters. The van der Waals surface area contributed by atoms with Crippen molar-refractivity contribution in [2.45, 2.75) is 0 Å². The van der Waals surface area contributed by atoms with Crippen LogP contribution >= 0.6 is 11.6 Å². The van der Waals surface area contributed by atoms with Crippen LogP contribution in [-0.4, -0.2) is 9.55 Å². The van der Waals surface area contributed by atoms with E-state index in [1.54, 1.807) is 42.9 Å². The van der Waals surface area contributed by atoms with E-state index in [-0.39, 0.29) is 10.6 Å². The Hall–Kier alpha value is -1.61. The Balaban J connectivity index is 2.64. The van der Waals surface area contributed by atoms with Crippen LogP contribution in [0.15, 0.2) is 47.7 Å². The lowest BCUT2D eigenvalue weighted by Gasteiger charge is -2.03. The van der Waals surface area contributed by atoms with Gasteiger partial charge in [0.1, 0.15) is 5.02 Å². The number of rotatable bonds is 1. The van der Waals surface area contributed by atoms with E-state index in [2.05, 4.69) is 4.98 Å². The van der Waals surface area contributed by atoms with E-state index in [0.717, 1.165) is 0 Å².